The Morgan fingerprint density at radius 2 is 2.08 bits per heavy atom. The fourth-order valence-electron chi connectivity index (χ4n) is 3.18. The molecule has 1 aromatic carbocycles. The number of Topliss-reactive ketones (excluding diaryl/α,β-unsaturated/α-hetero) is 1. The van der Waals surface area contributed by atoms with E-state index in [0.717, 1.165) is 10.0 Å². The minimum Gasteiger partial charge on any atom is -0.507 e. The fourth-order valence-corrected chi connectivity index (χ4v) is 3.43. The van der Waals surface area contributed by atoms with Gasteiger partial charge in [0.1, 0.15) is 5.76 Å². The van der Waals surface area contributed by atoms with Crippen LogP contribution >= 0.6 is 15.9 Å². The van der Waals surface area contributed by atoms with Crippen LogP contribution in [0.2, 0.25) is 0 Å². The Labute approximate surface area is 160 Å². The Balaban J connectivity index is 2.19. The molecule has 0 radical (unpaired) electrons. The lowest BCUT2D eigenvalue weighted by Gasteiger charge is -2.24. The molecule has 5 nitrogen and oxygen atoms in total. The van der Waals surface area contributed by atoms with Crippen LogP contribution in [0.5, 0.6) is 0 Å². The molecule has 134 valence electrons. The molecule has 26 heavy (non-hydrogen) atoms. The van der Waals surface area contributed by atoms with Gasteiger partial charge in [-0.25, -0.2) is 0 Å². The molecule has 1 N–H and O–H groups in total. The van der Waals surface area contributed by atoms with E-state index in [1.54, 1.807) is 30.6 Å². The van der Waals surface area contributed by atoms with Crippen LogP contribution in [0.3, 0.4) is 0 Å². The third kappa shape index (κ3) is 3.17. The van der Waals surface area contributed by atoms with Gasteiger partial charge in [-0.1, -0.05) is 35.0 Å². The summed E-state index contributed by atoms with van der Waals surface area (Å²) in [5.74, 6) is -1.41. The zero-order valence-electron chi connectivity index (χ0n) is 14.6. The van der Waals surface area contributed by atoms with Gasteiger partial charge < -0.3 is 10.0 Å². The highest BCUT2D eigenvalue weighted by atomic mass is 79.9. The molecule has 1 unspecified atom stereocenters. The van der Waals surface area contributed by atoms with Crippen LogP contribution in [0.25, 0.3) is 5.76 Å². The molecule has 2 aromatic rings. The predicted molar refractivity (Wildman–Crippen MR) is 102 cm³/mol. The largest absolute Gasteiger partial charge is 0.507 e. The first-order valence-electron chi connectivity index (χ1n) is 8.40. The Kier molecular flexibility index (Phi) is 5.23. The molecule has 2 heterocycles. The fraction of sp³-hybridized carbons (Fsp3) is 0.250. The van der Waals surface area contributed by atoms with Gasteiger partial charge in [-0.15, -0.1) is 0 Å². The number of pyridine rings is 1. The topological polar surface area (TPSA) is 70.5 Å². The average Bonchev–Trinajstić information content (AvgIpc) is 2.89. The summed E-state index contributed by atoms with van der Waals surface area (Å²) in [6, 6.07) is 8.25. The number of carbonyl (C=O) groups is 2. The molecule has 1 aromatic heterocycles. The second kappa shape index (κ2) is 7.41. The lowest BCUT2D eigenvalue weighted by Crippen LogP contribution is -2.30. The maximum atomic E-state index is 12.7. The van der Waals surface area contributed by atoms with Gasteiger partial charge in [0.25, 0.3) is 11.7 Å². The molecule has 1 amide bonds. The molecular weight excluding hydrogens is 396 g/mol. The monoisotopic (exact) mass is 414 g/mol. The summed E-state index contributed by atoms with van der Waals surface area (Å²) >= 11 is 3.43. The Morgan fingerprint density at radius 3 is 2.69 bits per heavy atom. The van der Waals surface area contributed by atoms with E-state index in [-0.39, 0.29) is 11.3 Å². The van der Waals surface area contributed by atoms with Crippen LogP contribution in [0, 0.1) is 6.92 Å². The van der Waals surface area contributed by atoms with E-state index in [4.69, 9.17) is 0 Å². The summed E-state index contributed by atoms with van der Waals surface area (Å²) in [4.78, 5) is 30.9. The van der Waals surface area contributed by atoms with Crippen molar-refractivity contribution in [3.8, 4) is 0 Å². The van der Waals surface area contributed by atoms with Crippen LogP contribution in [-0.4, -0.2) is 33.2 Å². The van der Waals surface area contributed by atoms with Crippen LogP contribution in [-0.2, 0) is 9.59 Å². The van der Waals surface area contributed by atoms with E-state index in [0.29, 0.717) is 24.1 Å². The lowest BCUT2D eigenvalue weighted by atomic mass is 9.96. The summed E-state index contributed by atoms with van der Waals surface area (Å²) in [5.41, 5.74) is 2.25. The van der Waals surface area contributed by atoms with Crippen molar-refractivity contribution in [2.45, 2.75) is 26.3 Å². The summed E-state index contributed by atoms with van der Waals surface area (Å²) in [6.07, 6.45) is 3.97. The molecule has 1 aliphatic heterocycles. The van der Waals surface area contributed by atoms with Gasteiger partial charge >= 0.3 is 0 Å². The van der Waals surface area contributed by atoms with Crippen molar-refractivity contribution in [1.29, 1.82) is 0 Å². The third-order valence-electron chi connectivity index (χ3n) is 4.44. The first kappa shape index (κ1) is 18.3. The van der Waals surface area contributed by atoms with E-state index in [1.165, 1.54) is 4.90 Å². The first-order chi connectivity index (χ1) is 12.5. The number of nitrogens with zero attached hydrogens (tertiary/aromatic N) is 2. The number of amides is 1. The molecule has 6 heteroatoms. The van der Waals surface area contributed by atoms with Crippen LogP contribution in [0.1, 0.15) is 36.1 Å². The molecule has 1 atom stereocenters. The lowest BCUT2D eigenvalue weighted by molar-refractivity contribution is -0.139. The summed E-state index contributed by atoms with van der Waals surface area (Å²) < 4.78 is 0.907. The summed E-state index contributed by atoms with van der Waals surface area (Å²) in [6.45, 7) is 4.27. The smallest absolute Gasteiger partial charge is 0.295 e. The molecule has 0 aliphatic carbocycles. The normalized spacial score (nSPS) is 19.2. The van der Waals surface area contributed by atoms with Crippen molar-refractivity contribution in [2.75, 3.05) is 6.54 Å². The Bertz CT molecular complexity index is 893. The number of aryl methyl sites for hydroxylation is 1. The van der Waals surface area contributed by atoms with E-state index < -0.39 is 17.7 Å². The van der Waals surface area contributed by atoms with E-state index in [2.05, 4.69) is 20.9 Å². The number of hydrogen-bond donors (Lipinski definition) is 1. The van der Waals surface area contributed by atoms with Crippen LogP contribution in [0.4, 0.5) is 0 Å². The Hall–Kier alpha value is -2.47. The Morgan fingerprint density at radius 1 is 1.31 bits per heavy atom. The molecule has 1 aliphatic rings. The van der Waals surface area contributed by atoms with Gasteiger partial charge in [0.2, 0.25) is 0 Å². The number of hydrogen-bond acceptors (Lipinski definition) is 4. The van der Waals surface area contributed by atoms with Crippen LogP contribution in [0.15, 0.2) is 52.8 Å². The molecule has 1 fully saturated rings. The third-order valence-corrected chi connectivity index (χ3v) is 5.33. The predicted octanol–water partition coefficient (Wildman–Crippen LogP) is 3.98. The number of aliphatic hydroxyl groups is 1. The first-order valence-corrected chi connectivity index (χ1v) is 9.19. The number of rotatable bonds is 4. The SMILES string of the molecule is CCCN1C(=O)C(=O)/C(=C(\O)c2ccc(Br)c(C)c2)C1c1cccnc1. The van der Waals surface area contributed by atoms with Crippen molar-refractivity contribution >= 4 is 33.4 Å². The summed E-state index contributed by atoms with van der Waals surface area (Å²) in [5, 5.41) is 10.9. The number of benzene rings is 1. The number of likely N-dealkylation sites (tertiary alicyclic amines) is 1. The van der Waals surface area contributed by atoms with Crippen molar-refractivity contribution in [1.82, 2.24) is 9.88 Å². The highest BCUT2D eigenvalue weighted by Gasteiger charge is 2.45. The van der Waals surface area contributed by atoms with E-state index in [1.807, 2.05) is 26.0 Å². The second-order valence-electron chi connectivity index (χ2n) is 6.24. The van der Waals surface area contributed by atoms with E-state index in [9.17, 15) is 14.7 Å². The molecule has 3 rings (SSSR count). The minimum absolute atomic E-state index is 0.109. The maximum Gasteiger partial charge on any atom is 0.295 e. The van der Waals surface area contributed by atoms with Crippen molar-refractivity contribution in [3.63, 3.8) is 0 Å². The second-order valence-corrected chi connectivity index (χ2v) is 7.10. The molecule has 0 spiro atoms. The number of aliphatic hydroxyl groups excluding tert-OH is 1. The quantitative estimate of drug-likeness (QED) is 0.466. The van der Waals surface area contributed by atoms with Gasteiger partial charge in [-0.05, 0) is 42.7 Å². The molecule has 0 bridgehead atoms. The number of carbonyl (C=O) groups excluding carboxylic acids is 2. The number of aromatic nitrogens is 1. The maximum absolute atomic E-state index is 12.7. The summed E-state index contributed by atoms with van der Waals surface area (Å²) in [7, 11) is 0. The highest BCUT2D eigenvalue weighted by Crippen LogP contribution is 2.39. The van der Waals surface area contributed by atoms with Crippen molar-refractivity contribution in [2.24, 2.45) is 0 Å². The van der Waals surface area contributed by atoms with Gasteiger partial charge in [-0.3, -0.25) is 14.6 Å². The van der Waals surface area contributed by atoms with Gasteiger partial charge in [0.05, 0.1) is 11.6 Å². The van der Waals surface area contributed by atoms with Crippen molar-refractivity contribution < 1.29 is 14.7 Å². The van der Waals surface area contributed by atoms with Crippen LogP contribution < -0.4 is 0 Å². The standard InChI is InChI=1S/C20H19BrN2O3/c1-3-9-23-17(14-5-4-8-22-11-14)16(19(25)20(23)26)18(24)13-6-7-15(21)12(2)10-13/h4-8,10-11,17,24H,3,9H2,1-2H3/b18-16-. The average molecular weight is 415 g/mol. The van der Waals surface area contributed by atoms with Gasteiger partial charge in [0.15, 0.2) is 0 Å². The van der Waals surface area contributed by atoms with Gasteiger partial charge in [0, 0.05) is 29.0 Å². The molecular formula is C20H19BrN2O3. The van der Waals surface area contributed by atoms with Gasteiger partial charge in [-0.2, -0.15) is 0 Å². The zero-order chi connectivity index (χ0) is 18.8. The molecule has 0 saturated carbocycles. The number of ketones is 1. The molecule has 1 saturated heterocycles. The minimum atomic E-state index is -0.662. The number of halogens is 1. The highest BCUT2D eigenvalue weighted by molar-refractivity contribution is 9.10. The van der Waals surface area contributed by atoms with E-state index >= 15 is 0 Å². The van der Waals surface area contributed by atoms with Crippen molar-refractivity contribution in [3.05, 3.63) is 69.5 Å². The zero-order valence-corrected chi connectivity index (χ0v) is 16.2.